The van der Waals surface area contributed by atoms with Gasteiger partial charge in [0.2, 0.25) is 15.9 Å². The second-order valence-corrected chi connectivity index (χ2v) is 16.0. The molecule has 0 bridgehead atoms. The minimum atomic E-state index is -4.18. The summed E-state index contributed by atoms with van der Waals surface area (Å²) in [6.07, 6.45) is 3.88. The fourth-order valence-electron chi connectivity index (χ4n) is 5.38. The number of nitrogens with one attached hydrogen (secondary N) is 3. The number of carbonyl (C=O) groups excluding carboxylic acids is 2. The number of hydrogen-bond acceptors (Lipinski definition) is 9. The van der Waals surface area contributed by atoms with Crippen LogP contribution in [0.5, 0.6) is 5.75 Å². The summed E-state index contributed by atoms with van der Waals surface area (Å²) in [4.78, 5) is 29.9. The maximum absolute atomic E-state index is 13.9. The van der Waals surface area contributed by atoms with Crippen LogP contribution in [0.15, 0.2) is 59.6 Å². The number of imidazole rings is 1. The quantitative estimate of drug-likeness (QED) is 0.0605. The van der Waals surface area contributed by atoms with Crippen molar-refractivity contribution >= 4 is 66.6 Å². The summed E-state index contributed by atoms with van der Waals surface area (Å²) in [5.74, 6) is -0.321. The van der Waals surface area contributed by atoms with Gasteiger partial charge < -0.3 is 25.5 Å². The molecule has 2 aromatic heterocycles. The standard InChI is InChI=1S/C32H35Cl2N7O5S.CH4O3S/c1-19-20(2)40-16-4-7-26(30(40)39-19)46-18-23-24(33)12-13-27(28(23)34)47(44,45)41-17-3-6-25(41)32(43)38-15-5-14-37-31(42)22-10-8-21(9-11-22)29(35)36;1-5(2,3)4/h4,7-13,16,25H,3,5-6,14-15,17-18H2,1-2H3,(H3,35,36)(H,37,42)(H,38,43);1H3,(H,2,3,4)/t25-;/m0./s1. The van der Waals surface area contributed by atoms with E-state index in [0.717, 1.165) is 11.4 Å². The van der Waals surface area contributed by atoms with E-state index in [-0.39, 0.29) is 46.4 Å². The summed E-state index contributed by atoms with van der Waals surface area (Å²) in [5.41, 5.74) is 9.13. The number of carbonyl (C=O) groups is 2. The first-order valence-electron chi connectivity index (χ1n) is 15.9. The van der Waals surface area contributed by atoms with Crippen LogP contribution >= 0.6 is 23.2 Å². The van der Waals surface area contributed by atoms with Crippen LogP contribution in [0.1, 0.15) is 52.1 Å². The Morgan fingerprint density at radius 2 is 1.67 bits per heavy atom. The largest absolute Gasteiger partial charge is 0.485 e. The molecule has 2 amide bonds. The van der Waals surface area contributed by atoms with Gasteiger partial charge in [-0.15, -0.1) is 0 Å². The van der Waals surface area contributed by atoms with Gasteiger partial charge in [0.1, 0.15) is 23.4 Å². The van der Waals surface area contributed by atoms with Crippen LogP contribution in [-0.4, -0.2) is 84.7 Å². The van der Waals surface area contributed by atoms with Crippen molar-refractivity contribution in [2.45, 2.75) is 50.7 Å². The Morgan fingerprint density at radius 3 is 2.33 bits per heavy atom. The lowest BCUT2D eigenvalue weighted by molar-refractivity contribution is -0.124. The van der Waals surface area contributed by atoms with E-state index in [4.69, 9.17) is 43.6 Å². The van der Waals surface area contributed by atoms with Crippen LogP contribution in [0.2, 0.25) is 10.0 Å². The van der Waals surface area contributed by atoms with Crippen LogP contribution in [0.4, 0.5) is 0 Å². The van der Waals surface area contributed by atoms with Crippen LogP contribution in [0.3, 0.4) is 0 Å². The minimum absolute atomic E-state index is 0.0714. The number of nitrogens with zero attached hydrogens (tertiary/aromatic N) is 3. The molecule has 0 saturated carbocycles. The number of pyridine rings is 1. The molecule has 6 N–H and O–H groups in total. The third-order valence-corrected chi connectivity index (χ3v) is 11.0. The summed E-state index contributed by atoms with van der Waals surface area (Å²) in [6, 6.07) is 11.8. The number of amidine groups is 1. The molecule has 1 aliphatic rings. The molecule has 15 nitrogen and oxygen atoms in total. The van der Waals surface area contributed by atoms with Gasteiger partial charge in [-0.1, -0.05) is 35.3 Å². The van der Waals surface area contributed by atoms with Gasteiger partial charge in [-0.25, -0.2) is 13.4 Å². The fraction of sp³-hybridized carbons (Fsp3) is 0.333. The number of amides is 2. The Balaban J connectivity index is 0.00000113. The van der Waals surface area contributed by atoms with Crippen molar-refractivity contribution in [3.05, 3.63) is 92.9 Å². The van der Waals surface area contributed by atoms with E-state index < -0.39 is 32.1 Å². The van der Waals surface area contributed by atoms with Crippen LogP contribution < -0.4 is 21.1 Å². The van der Waals surface area contributed by atoms with Gasteiger partial charge in [-0.3, -0.25) is 19.6 Å². The Bertz CT molecular complexity index is 2190. The molecule has 1 saturated heterocycles. The highest BCUT2D eigenvalue weighted by atomic mass is 35.5. The SMILES string of the molecule is CS(=O)(=O)O.Cc1nc2c(OCc3c(Cl)ccc(S(=O)(=O)N4CCC[C@H]4C(=O)NCCCNC(=O)c4ccc(C(=N)N)cc4)c3Cl)cccn2c1C. The smallest absolute Gasteiger partial charge is 0.261 e. The number of hydrogen-bond donors (Lipinski definition) is 5. The first kappa shape index (κ1) is 40.5. The molecule has 52 heavy (non-hydrogen) atoms. The molecule has 1 aliphatic heterocycles. The van der Waals surface area contributed by atoms with Crippen molar-refractivity contribution in [2.24, 2.45) is 5.73 Å². The summed E-state index contributed by atoms with van der Waals surface area (Å²) in [5, 5.41) is 13.2. The molecule has 2 aromatic carbocycles. The molecule has 0 spiro atoms. The number of aryl methyl sites for hydroxylation is 2. The number of sulfonamides is 1. The van der Waals surface area contributed by atoms with E-state index >= 15 is 0 Å². The zero-order chi connectivity index (χ0) is 38.4. The number of aromatic nitrogens is 2. The van der Waals surface area contributed by atoms with Crippen molar-refractivity contribution in [1.82, 2.24) is 24.3 Å². The lowest BCUT2D eigenvalue weighted by atomic mass is 10.1. The molecule has 0 unspecified atom stereocenters. The summed E-state index contributed by atoms with van der Waals surface area (Å²) < 4.78 is 62.7. The third kappa shape index (κ3) is 9.99. The second kappa shape index (κ2) is 17.0. The predicted octanol–water partition coefficient (Wildman–Crippen LogP) is 3.71. The van der Waals surface area contributed by atoms with Gasteiger partial charge in [-0.2, -0.15) is 12.7 Å². The second-order valence-electron chi connectivity index (χ2n) is 11.9. The van der Waals surface area contributed by atoms with Crippen molar-refractivity contribution in [3.8, 4) is 5.75 Å². The topological polar surface area (TPSA) is 226 Å². The maximum Gasteiger partial charge on any atom is 0.261 e. The van der Waals surface area contributed by atoms with Gasteiger partial charge >= 0.3 is 0 Å². The van der Waals surface area contributed by atoms with E-state index in [0.29, 0.717) is 60.2 Å². The summed E-state index contributed by atoms with van der Waals surface area (Å²) >= 11 is 13.1. The van der Waals surface area contributed by atoms with E-state index in [1.54, 1.807) is 30.3 Å². The van der Waals surface area contributed by atoms with Gasteiger partial charge in [0.25, 0.3) is 16.0 Å². The summed E-state index contributed by atoms with van der Waals surface area (Å²) in [7, 11) is -7.84. The van der Waals surface area contributed by atoms with Gasteiger partial charge in [-0.05, 0) is 69.5 Å². The lowest BCUT2D eigenvalue weighted by Crippen LogP contribution is -2.46. The third-order valence-electron chi connectivity index (χ3n) is 8.10. The molecule has 280 valence electrons. The van der Waals surface area contributed by atoms with Crippen molar-refractivity contribution in [1.29, 1.82) is 5.41 Å². The first-order chi connectivity index (χ1) is 24.4. The number of ether oxygens (including phenoxy) is 1. The zero-order valence-corrected chi connectivity index (χ0v) is 31.7. The first-order valence-corrected chi connectivity index (χ1v) is 19.9. The Morgan fingerprint density at radius 1 is 1.04 bits per heavy atom. The van der Waals surface area contributed by atoms with Crippen molar-refractivity contribution < 1.29 is 35.7 Å². The molecule has 19 heteroatoms. The highest BCUT2D eigenvalue weighted by Crippen LogP contribution is 2.36. The molecular formula is C33H39Cl2N7O8S2. The van der Waals surface area contributed by atoms with Gasteiger partial charge in [0.15, 0.2) is 11.4 Å². The number of halogens is 2. The normalized spacial score (nSPS) is 14.8. The predicted molar refractivity (Wildman–Crippen MR) is 197 cm³/mol. The molecular weight excluding hydrogens is 757 g/mol. The van der Waals surface area contributed by atoms with Crippen LogP contribution in [-0.2, 0) is 31.5 Å². The van der Waals surface area contributed by atoms with E-state index in [2.05, 4.69) is 15.6 Å². The Kier molecular flexibility index (Phi) is 13.3. The minimum Gasteiger partial charge on any atom is -0.485 e. The fourth-order valence-corrected chi connectivity index (χ4v) is 7.90. The summed E-state index contributed by atoms with van der Waals surface area (Å²) in [6.45, 7) is 4.44. The number of nitrogen functional groups attached to an aromatic ring is 1. The highest BCUT2D eigenvalue weighted by Gasteiger charge is 2.40. The number of nitrogens with two attached hydrogens (primary N) is 1. The highest BCUT2D eigenvalue weighted by molar-refractivity contribution is 7.89. The molecule has 1 fully saturated rings. The maximum atomic E-state index is 13.9. The number of rotatable bonds is 12. The number of fused-ring (bicyclic) bond motifs is 1. The van der Waals surface area contributed by atoms with Crippen molar-refractivity contribution in [3.63, 3.8) is 0 Å². The van der Waals surface area contributed by atoms with Gasteiger partial charge in [0, 0.05) is 53.2 Å². The van der Waals surface area contributed by atoms with E-state index in [1.807, 2.05) is 30.5 Å². The van der Waals surface area contributed by atoms with Crippen LogP contribution in [0.25, 0.3) is 5.65 Å². The molecule has 5 rings (SSSR count). The molecule has 1 atom stereocenters. The van der Waals surface area contributed by atoms with E-state index in [9.17, 15) is 26.4 Å². The lowest BCUT2D eigenvalue weighted by Gasteiger charge is -2.24. The zero-order valence-electron chi connectivity index (χ0n) is 28.5. The van der Waals surface area contributed by atoms with Crippen molar-refractivity contribution in [2.75, 3.05) is 25.9 Å². The molecule has 4 aromatic rings. The average molecular weight is 797 g/mol. The molecule has 3 heterocycles. The van der Waals surface area contributed by atoms with E-state index in [1.165, 1.54) is 16.4 Å². The Hall–Kier alpha value is -4.26. The molecule has 0 radical (unpaired) electrons. The average Bonchev–Trinajstić information content (AvgIpc) is 3.69. The van der Waals surface area contributed by atoms with Gasteiger partial charge in [0.05, 0.1) is 17.0 Å². The Labute approximate surface area is 311 Å². The number of benzene rings is 2. The molecule has 0 aliphatic carbocycles. The monoisotopic (exact) mass is 795 g/mol. The van der Waals surface area contributed by atoms with Crippen LogP contribution in [0, 0.1) is 19.3 Å².